The Morgan fingerprint density at radius 3 is 1.97 bits per heavy atom. The average molecular weight is 459 g/mol. The van der Waals surface area contributed by atoms with Crippen LogP contribution in [0.3, 0.4) is 0 Å². The average Bonchev–Trinajstić information content (AvgIpc) is 2.71. The first-order chi connectivity index (χ1) is 14.1. The molecule has 0 aliphatic carbocycles. The van der Waals surface area contributed by atoms with Gasteiger partial charge in [0.25, 0.3) is 0 Å². The molecule has 0 aromatic heterocycles. The Morgan fingerprint density at radius 1 is 0.933 bits per heavy atom. The highest BCUT2D eigenvalue weighted by Crippen LogP contribution is 2.21. The summed E-state index contributed by atoms with van der Waals surface area (Å²) in [5, 5.41) is 15.5. The van der Waals surface area contributed by atoms with Crippen LogP contribution >= 0.6 is 11.6 Å². The van der Waals surface area contributed by atoms with Crippen LogP contribution < -0.4 is 0 Å². The Morgan fingerprint density at radius 2 is 1.47 bits per heavy atom. The van der Waals surface area contributed by atoms with Gasteiger partial charge in [0.15, 0.2) is 0 Å². The fraction of sp³-hybridized carbons (Fsp3) is 0.263. The molecule has 0 radical (unpaired) electrons. The van der Waals surface area contributed by atoms with E-state index in [9.17, 15) is 12.8 Å². The van der Waals surface area contributed by atoms with Crippen molar-refractivity contribution in [3.63, 3.8) is 0 Å². The number of carboxylic acids is 2. The summed E-state index contributed by atoms with van der Waals surface area (Å²) in [5.41, 5.74) is 1.04. The minimum atomic E-state index is -3.57. The maximum absolute atomic E-state index is 13.0. The highest BCUT2D eigenvalue weighted by Gasteiger charge is 2.28. The van der Waals surface area contributed by atoms with Crippen LogP contribution in [0, 0.1) is 5.82 Å². The van der Waals surface area contributed by atoms with E-state index in [-0.39, 0.29) is 4.90 Å². The lowest BCUT2D eigenvalue weighted by Gasteiger charge is -2.34. The molecule has 0 spiro atoms. The molecular formula is C19H20ClFN2O6S. The molecule has 1 saturated heterocycles. The van der Waals surface area contributed by atoms with Gasteiger partial charge in [-0.1, -0.05) is 29.8 Å². The van der Waals surface area contributed by atoms with Crippen LogP contribution in [0.2, 0.25) is 5.02 Å². The maximum Gasteiger partial charge on any atom is 0.414 e. The Labute approximate surface area is 178 Å². The van der Waals surface area contributed by atoms with Gasteiger partial charge in [0.2, 0.25) is 10.0 Å². The number of hydrogen-bond acceptors (Lipinski definition) is 5. The van der Waals surface area contributed by atoms with Crippen LogP contribution in [-0.2, 0) is 26.2 Å². The molecule has 1 aliphatic heterocycles. The lowest BCUT2D eigenvalue weighted by Crippen LogP contribution is -2.48. The second kappa shape index (κ2) is 10.5. The lowest BCUT2D eigenvalue weighted by molar-refractivity contribution is -0.159. The molecule has 0 saturated carbocycles. The second-order valence-corrected chi connectivity index (χ2v) is 8.68. The summed E-state index contributed by atoms with van der Waals surface area (Å²) in [4.78, 5) is 20.5. The molecule has 1 aliphatic rings. The number of piperazine rings is 1. The number of carbonyl (C=O) groups is 2. The predicted octanol–water partition coefficient (Wildman–Crippen LogP) is 2.14. The minimum Gasteiger partial charge on any atom is -0.473 e. The largest absolute Gasteiger partial charge is 0.473 e. The fourth-order valence-electron chi connectivity index (χ4n) is 2.75. The van der Waals surface area contributed by atoms with Crippen molar-refractivity contribution in [3.05, 3.63) is 64.9 Å². The van der Waals surface area contributed by atoms with E-state index in [1.54, 1.807) is 0 Å². The van der Waals surface area contributed by atoms with E-state index in [4.69, 9.17) is 31.4 Å². The zero-order chi connectivity index (χ0) is 22.3. The first-order valence-electron chi connectivity index (χ1n) is 8.79. The summed E-state index contributed by atoms with van der Waals surface area (Å²) in [6.07, 6.45) is 0. The molecule has 0 amide bonds. The van der Waals surface area contributed by atoms with E-state index in [0.29, 0.717) is 32.7 Å². The van der Waals surface area contributed by atoms with Crippen molar-refractivity contribution in [2.75, 3.05) is 26.2 Å². The number of aliphatic carboxylic acids is 2. The van der Waals surface area contributed by atoms with Crippen LogP contribution in [0.1, 0.15) is 5.56 Å². The van der Waals surface area contributed by atoms with E-state index in [2.05, 4.69) is 4.90 Å². The molecule has 2 aromatic carbocycles. The number of sulfonamides is 1. The van der Waals surface area contributed by atoms with Gasteiger partial charge in [-0.05, 0) is 35.9 Å². The van der Waals surface area contributed by atoms with Gasteiger partial charge in [-0.15, -0.1) is 0 Å². The molecule has 2 aromatic rings. The number of carboxylic acid groups (broad SMARTS) is 2. The van der Waals surface area contributed by atoms with Crippen molar-refractivity contribution in [1.29, 1.82) is 0 Å². The molecule has 2 N–H and O–H groups in total. The first-order valence-corrected chi connectivity index (χ1v) is 10.6. The van der Waals surface area contributed by atoms with Gasteiger partial charge < -0.3 is 10.2 Å². The van der Waals surface area contributed by atoms with Gasteiger partial charge in [0.1, 0.15) is 5.82 Å². The number of halogens is 2. The van der Waals surface area contributed by atoms with Crippen LogP contribution in [0.5, 0.6) is 0 Å². The number of nitrogens with zero attached hydrogens (tertiary/aromatic N) is 2. The Kier molecular flexibility index (Phi) is 8.30. The second-order valence-electron chi connectivity index (χ2n) is 6.34. The van der Waals surface area contributed by atoms with E-state index < -0.39 is 27.8 Å². The number of hydrogen-bond donors (Lipinski definition) is 2. The topological polar surface area (TPSA) is 115 Å². The molecule has 1 heterocycles. The van der Waals surface area contributed by atoms with Crippen molar-refractivity contribution in [2.45, 2.75) is 11.4 Å². The first kappa shape index (κ1) is 23.7. The molecule has 11 heteroatoms. The monoisotopic (exact) mass is 458 g/mol. The summed E-state index contributed by atoms with van der Waals surface area (Å²) in [7, 11) is -3.57. The molecule has 30 heavy (non-hydrogen) atoms. The molecule has 0 unspecified atom stereocenters. The third-order valence-electron chi connectivity index (χ3n) is 4.32. The zero-order valence-corrected chi connectivity index (χ0v) is 17.3. The van der Waals surface area contributed by atoms with Crippen LogP contribution in [0.4, 0.5) is 4.39 Å². The Bertz CT molecular complexity index is 980. The summed E-state index contributed by atoms with van der Waals surface area (Å²) >= 11 is 6.17. The highest BCUT2D eigenvalue weighted by atomic mass is 35.5. The van der Waals surface area contributed by atoms with Crippen molar-refractivity contribution < 1.29 is 32.6 Å². The van der Waals surface area contributed by atoms with E-state index in [1.807, 2.05) is 24.3 Å². The summed E-state index contributed by atoms with van der Waals surface area (Å²) in [6.45, 7) is 2.77. The normalized spacial score (nSPS) is 15.1. The van der Waals surface area contributed by atoms with Crippen LogP contribution in [0.25, 0.3) is 0 Å². The minimum absolute atomic E-state index is 0.128. The third kappa shape index (κ3) is 6.49. The summed E-state index contributed by atoms with van der Waals surface area (Å²) < 4.78 is 39.6. The number of benzene rings is 2. The maximum atomic E-state index is 13.0. The molecule has 0 bridgehead atoms. The molecule has 0 atom stereocenters. The van der Waals surface area contributed by atoms with E-state index >= 15 is 0 Å². The van der Waals surface area contributed by atoms with E-state index in [0.717, 1.165) is 10.6 Å². The van der Waals surface area contributed by atoms with Crippen LogP contribution in [0.15, 0.2) is 53.4 Å². The quantitative estimate of drug-likeness (QED) is 0.674. The molecule has 162 valence electrons. The smallest absolute Gasteiger partial charge is 0.414 e. The summed E-state index contributed by atoms with van der Waals surface area (Å²) in [5.74, 6) is -4.09. The van der Waals surface area contributed by atoms with Crippen LogP contribution in [-0.4, -0.2) is 66.0 Å². The van der Waals surface area contributed by atoms with Gasteiger partial charge in [-0.3, -0.25) is 4.90 Å². The Balaban J connectivity index is 0.000000469. The SMILES string of the molecule is O=C(O)C(=O)O.O=S(=O)(c1ccc(F)cc1)N1CCN(Cc2ccccc2Cl)CC1. The number of rotatable bonds is 4. The molecule has 8 nitrogen and oxygen atoms in total. The van der Waals surface area contributed by atoms with Crippen molar-refractivity contribution in [2.24, 2.45) is 0 Å². The van der Waals surface area contributed by atoms with Gasteiger partial charge in [0.05, 0.1) is 4.90 Å². The third-order valence-corrected chi connectivity index (χ3v) is 6.60. The standard InChI is InChI=1S/C17H18ClFN2O2S.C2H2O4/c18-17-4-2-1-3-14(17)13-20-9-11-21(12-10-20)24(22,23)16-7-5-15(19)6-8-16;3-1(4)2(5)6/h1-8H,9-13H2;(H,3,4)(H,5,6). The zero-order valence-electron chi connectivity index (χ0n) is 15.7. The fourth-order valence-corrected chi connectivity index (χ4v) is 4.37. The van der Waals surface area contributed by atoms with Crippen molar-refractivity contribution >= 4 is 33.6 Å². The molecule has 1 fully saturated rings. The van der Waals surface area contributed by atoms with Crippen molar-refractivity contribution in [3.8, 4) is 0 Å². The van der Waals surface area contributed by atoms with Gasteiger partial charge in [-0.2, -0.15) is 4.31 Å². The van der Waals surface area contributed by atoms with Gasteiger partial charge >= 0.3 is 11.9 Å². The Hall–Kier alpha value is -2.53. The van der Waals surface area contributed by atoms with Gasteiger partial charge in [-0.25, -0.2) is 22.4 Å². The van der Waals surface area contributed by atoms with Crippen molar-refractivity contribution in [1.82, 2.24) is 9.21 Å². The summed E-state index contributed by atoms with van der Waals surface area (Å²) in [6, 6.07) is 12.6. The highest BCUT2D eigenvalue weighted by molar-refractivity contribution is 7.89. The molecular weight excluding hydrogens is 439 g/mol. The molecule has 3 rings (SSSR count). The lowest BCUT2D eigenvalue weighted by atomic mass is 10.2. The van der Waals surface area contributed by atoms with E-state index in [1.165, 1.54) is 28.6 Å². The predicted molar refractivity (Wildman–Crippen MR) is 107 cm³/mol. The van der Waals surface area contributed by atoms with Gasteiger partial charge in [0, 0.05) is 37.7 Å².